The Kier molecular flexibility index (Phi) is 5.20. The first-order valence-electron chi connectivity index (χ1n) is 4.05. The molecule has 0 aromatic rings. The van der Waals surface area contributed by atoms with Crippen molar-refractivity contribution in [1.29, 1.82) is 0 Å². The van der Waals surface area contributed by atoms with Crippen molar-refractivity contribution in [1.82, 2.24) is 5.32 Å². The van der Waals surface area contributed by atoms with Crippen LogP contribution in [0.25, 0.3) is 0 Å². The van der Waals surface area contributed by atoms with Crippen LogP contribution in [0.5, 0.6) is 0 Å². The summed E-state index contributed by atoms with van der Waals surface area (Å²) < 4.78 is 0. The molecule has 0 saturated carbocycles. The molecule has 0 aliphatic rings. The lowest BCUT2D eigenvalue weighted by Gasteiger charge is -2.11. The van der Waals surface area contributed by atoms with Crippen molar-refractivity contribution >= 4 is 11.9 Å². The molecule has 2 N–H and O–H groups in total. The van der Waals surface area contributed by atoms with Gasteiger partial charge in [0.05, 0.1) is 0 Å². The molecular weight excluding hydrogens is 192 g/mol. The zero-order valence-electron chi connectivity index (χ0n) is 7.73. The van der Waals surface area contributed by atoms with Crippen molar-refractivity contribution in [2.75, 3.05) is 6.54 Å². The topological polar surface area (TPSA) is 110 Å². The smallest absolute Gasteiger partial charge is 0.326 e. The third kappa shape index (κ3) is 5.92. The molecule has 0 radical (unpaired) electrons. The lowest BCUT2D eigenvalue weighted by Crippen LogP contribution is -2.39. The molecule has 0 aromatic carbocycles. The fourth-order valence-electron chi connectivity index (χ4n) is 0.927. The summed E-state index contributed by atoms with van der Waals surface area (Å²) in [6.07, 6.45) is 0.195. The summed E-state index contributed by atoms with van der Waals surface area (Å²) in [7, 11) is 0. The minimum atomic E-state index is -1.18. The SMILES string of the molecule is CC(=O)N[C@@H](CCC[N+](=O)[O-])C(=O)O. The third-order valence-electron chi connectivity index (χ3n) is 1.51. The summed E-state index contributed by atoms with van der Waals surface area (Å²) in [6.45, 7) is 0.910. The predicted octanol–water partition coefficient (Wildman–Crippen LogP) is -0.367. The second-order valence-corrected chi connectivity index (χ2v) is 2.79. The van der Waals surface area contributed by atoms with Crippen LogP contribution in [0.15, 0.2) is 0 Å². The maximum Gasteiger partial charge on any atom is 0.326 e. The summed E-state index contributed by atoms with van der Waals surface area (Å²) in [4.78, 5) is 30.5. The molecule has 0 aliphatic carbocycles. The van der Waals surface area contributed by atoms with E-state index in [0.717, 1.165) is 0 Å². The van der Waals surface area contributed by atoms with E-state index in [9.17, 15) is 19.7 Å². The van der Waals surface area contributed by atoms with E-state index < -0.39 is 22.8 Å². The first kappa shape index (κ1) is 12.3. The van der Waals surface area contributed by atoms with Crippen LogP contribution in [-0.2, 0) is 9.59 Å². The van der Waals surface area contributed by atoms with Gasteiger partial charge in [-0.2, -0.15) is 0 Å². The van der Waals surface area contributed by atoms with Gasteiger partial charge in [0.15, 0.2) is 0 Å². The van der Waals surface area contributed by atoms with E-state index in [1.54, 1.807) is 0 Å². The van der Waals surface area contributed by atoms with Gasteiger partial charge in [0.2, 0.25) is 12.5 Å². The number of carboxylic acids is 1. The van der Waals surface area contributed by atoms with E-state index in [4.69, 9.17) is 5.11 Å². The molecule has 0 rings (SSSR count). The monoisotopic (exact) mass is 204 g/mol. The molecule has 0 bridgehead atoms. The number of nitrogens with one attached hydrogen (secondary N) is 1. The largest absolute Gasteiger partial charge is 0.480 e. The van der Waals surface area contributed by atoms with Crippen LogP contribution >= 0.6 is 0 Å². The molecule has 0 unspecified atom stereocenters. The molecule has 0 spiro atoms. The first-order valence-corrected chi connectivity index (χ1v) is 4.05. The second kappa shape index (κ2) is 5.90. The number of nitro groups is 1. The first-order chi connectivity index (χ1) is 6.43. The van der Waals surface area contributed by atoms with Crippen molar-refractivity contribution in [3.8, 4) is 0 Å². The second-order valence-electron chi connectivity index (χ2n) is 2.79. The predicted molar refractivity (Wildman–Crippen MR) is 46.3 cm³/mol. The highest BCUT2D eigenvalue weighted by molar-refractivity contribution is 5.81. The van der Waals surface area contributed by atoms with Gasteiger partial charge in [-0.25, -0.2) is 4.79 Å². The van der Waals surface area contributed by atoms with Crippen molar-refractivity contribution < 1.29 is 19.6 Å². The number of rotatable bonds is 6. The highest BCUT2D eigenvalue weighted by atomic mass is 16.6. The van der Waals surface area contributed by atoms with Gasteiger partial charge in [-0.05, 0) is 6.42 Å². The van der Waals surface area contributed by atoms with Gasteiger partial charge in [0, 0.05) is 18.3 Å². The van der Waals surface area contributed by atoms with E-state index >= 15 is 0 Å². The van der Waals surface area contributed by atoms with Crippen molar-refractivity contribution in [3.63, 3.8) is 0 Å². The number of nitrogens with zero attached hydrogens (tertiary/aromatic N) is 1. The quantitative estimate of drug-likeness (QED) is 0.453. The molecule has 0 heterocycles. The van der Waals surface area contributed by atoms with Crippen LogP contribution in [0.4, 0.5) is 0 Å². The fraction of sp³-hybridized carbons (Fsp3) is 0.714. The molecule has 0 aliphatic heterocycles. The molecule has 80 valence electrons. The summed E-state index contributed by atoms with van der Waals surface area (Å²) in [5, 5.41) is 20.7. The molecule has 1 amide bonds. The lowest BCUT2D eigenvalue weighted by atomic mass is 10.1. The molecule has 7 heteroatoms. The number of amides is 1. The Hall–Kier alpha value is -1.66. The van der Waals surface area contributed by atoms with E-state index in [2.05, 4.69) is 5.32 Å². The van der Waals surface area contributed by atoms with Gasteiger partial charge in [-0.3, -0.25) is 14.9 Å². The van der Waals surface area contributed by atoms with E-state index in [0.29, 0.717) is 0 Å². The highest BCUT2D eigenvalue weighted by Gasteiger charge is 2.18. The molecule has 14 heavy (non-hydrogen) atoms. The summed E-state index contributed by atoms with van der Waals surface area (Å²) in [6, 6.07) is -1.03. The summed E-state index contributed by atoms with van der Waals surface area (Å²) >= 11 is 0. The average Bonchev–Trinajstić information content (AvgIpc) is 2.00. The minimum absolute atomic E-state index is 0.0654. The van der Waals surface area contributed by atoms with Gasteiger partial charge in [-0.1, -0.05) is 0 Å². The Balaban J connectivity index is 3.91. The highest BCUT2D eigenvalue weighted by Crippen LogP contribution is 1.98. The van der Waals surface area contributed by atoms with E-state index in [1.165, 1.54) is 6.92 Å². The van der Waals surface area contributed by atoms with Crippen molar-refractivity contribution in [3.05, 3.63) is 10.1 Å². The van der Waals surface area contributed by atoms with Gasteiger partial charge >= 0.3 is 5.97 Å². The van der Waals surface area contributed by atoms with Gasteiger partial charge < -0.3 is 10.4 Å². The average molecular weight is 204 g/mol. The van der Waals surface area contributed by atoms with Crippen LogP contribution in [-0.4, -0.2) is 34.5 Å². The molecule has 7 nitrogen and oxygen atoms in total. The molecule has 0 fully saturated rings. The van der Waals surface area contributed by atoms with Gasteiger partial charge in [-0.15, -0.1) is 0 Å². The van der Waals surface area contributed by atoms with Crippen LogP contribution < -0.4 is 5.32 Å². The number of hydrogen-bond acceptors (Lipinski definition) is 4. The fourth-order valence-corrected chi connectivity index (χ4v) is 0.927. The summed E-state index contributed by atoms with van der Waals surface area (Å²) in [5.41, 5.74) is 0. The Bertz CT molecular complexity index is 240. The Labute approximate surface area is 80.2 Å². The van der Waals surface area contributed by atoms with Crippen molar-refractivity contribution in [2.45, 2.75) is 25.8 Å². The van der Waals surface area contributed by atoms with Crippen molar-refractivity contribution in [2.24, 2.45) is 0 Å². The van der Waals surface area contributed by atoms with E-state index in [-0.39, 0.29) is 19.4 Å². The zero-order valence-corrected chi connectivity index (χ0v) is 7.73. The number of carbonyl (C=O) groups excluding carboxylic acids is 1. The van der Waals surface area contributed by atoms with Crippen LogP contribution in [0.3, 0.4) is 0 Å². The molecule has 0 saturated heterocycles. The molecular formula is C7H12N2O5. The van der Waals surface area contributed by atoms with Crippen LogP contribution in [0, 0.1) is 10.1 Å². The van der Waals surface area contributed by atoms with Crippen LogP contribution in [0.2, 0.25) is 0 Å². The number of carbonyl (C=O) groups is 2. The Morgan fingerprint density at radius 1 is 1.57 bits per heavy atom. The van der Waals surface area contributed by atoms with E-state index in [1.807, 2.05) is 0 Å². The van der Waals surface area contributed by atoms with Gasteiger partial charge in [0.25, 0.3) is 0 Å². The number of aliphatic carboxylic acids is 1. The summed E-state index contributed by atoms with van der Waals surface area (Å²) in [5.74, 6) is -1.64. The molecule has 0 aromatic heterocycles. The normalized spacial score (nSPS) is 11.8. The Morgan fingerprint density at radius 3 is 2.50 bits per heavy atom. The maximum atomic E-state index is 10.5. The van der Waals surface area contributed by atoms with Crippen LogP contribution in [0.1, 0.15) is 19.8 Å². The Morgan fingerprint density at radius 2 is 2.14 bits per heavy atom. The van der Waals surface area contributed by atoms with Gasteiger partial charge in [0.1, 0.15) is 6.04 Å². The lowest BCUT2D eigenvalue weighted by molar-refractivity contribution is -0.480. The zero-order chi connectivity index (χ0) is 11.1. The maximum absolute atomic E-state index is 10.5. The standard InChI is InChI=1S/C7H12N2O5/c1-5(10)8-6(7(11)12)3-2-4-9(13)14/h6H,2-4H2,1H3,(H,8,10)(H,11,12)/t6-/m0/s1. The molecule has 1 atom stereocenters. The third-order valence-corrected chi connectivity index (χ3v) is 1.51. The number of hydrogen-bond donors (Lipinski definition) is 2. The number of carboxylic acid groups (broad SMARTS) is 1. The minimum Gasteiger partial charge on any atom is -0.480 e.